The number of hydrogen-bond donors (Lipinski definition) is 1. The molecular formula is C9H16N2O6S. The predicted molar refractivity (Wildman–Crippen MR) is 61.5 cm³/mol. The lowest BCUT2D eigenvalue weighted by atomic mass is 10.3. The molecule has 1 aliphatic heterocycles. The van der Waals surface area contributed by atoms with E-state index in [1.807, 2.05) is 0 Å². The molecule has 1 aliphatic rings. The van der Waals surface area contributed by atoms with Crippen molar-refractivity contribution in [1.82, 2.24) is 9.21 Å². The van der Waals surface area contributed by atoms with Gasteiger partial charge in [0.2, 0.25) is 15.9 Å². The number of piperazine rings is 1. The van der Waals surface area contributed by atoms with E-state index in [0.29, 0.717) is 13.1 Å². The highest BCUT2D eigenvalue weighted by Crippen LogP contribution is 2.06. The Morgan fingerprint density at radius 3 is 2.17 bits per heavy atom. The Balaban J connectivity index is 2.34. The number of carbonyl (C=O) groups is 2. The van der Waals surface area contributed by atoms with Gasteiger partial charge in [0.05, 0.1) is 6.26 Å². The highest BCUT2D eigenvalue weighted by atomic mass is 32.2. The van der Waals surface area contributed by atoms with Crippen LogP contribution in [0.4, 0.5) is 0 Å². The second-order valence-corrected chi connectivity index (χ2v) is 5.91. The Hall–Kier alpha value is -1.19. The average Bonchev–Trinajstić information content (AvgIpc) is 2.27. The average molecular weight is 280 g/mol. The maximum Gasteiger partial charge on any atom is 0.329 e. The number of sulfonamides is 1. The van der Waals surface area contributed by atoms with E-state index in [1.54, 1.807) is 0 Å². The molecule has 0 aromatic heterocycles. The smallest absolute Gasteiger partial charge is 0.329 e. The largest absolute Gasteiger partial charge is 0.480 e. The van der Waals surface area contributed by atoms with Gasteiger partial charge in [0.1, 0.15) is 13.2 Å². The molecule has 0 aromatic rings. The molecule has 1 fully saturated rings. The molecule has 0 bridgehead atoms. The summed E-state index contributed by atoms with van der Waals surface area (Å²) in [4.78, 5) is 23.2. The van der Waals surface area contributed by atoms with Crippen molar-refractivity contribution in [1.29, 1.82) is 0 Å². The summed E-state index contributed by atoms with van der Waals surface area (Å²) in [6.45, 7) is 0.276. The van der Waals surface area contributed by atoms with E-state index >= 15 is 0 Å². The molecule has 0 saturated carbocycles. The Kier molecular flexibility index (Phi) is 5.05. The summed E-state index contributed by atoms with van der Waals surface area (Å²) < 4.78 is 28.5. The molecular weight excluding hydrogens is 264 g/mol. The van der Waals surface area contributed by atoms with Crippen LogP contribution in [0.5, 0.6) is 0 Å². The predicted octanol–water partition coefficient (Wildman–Crippen LogP) is -1.81. The number of nitrogens with zero attached hydrogens (tertiary/aromatic N) is 2. The van der Waals surface area contributed by atoms with Crippen molar-refractivity contribution in [2.75, 3.05) is 45.6 Å². The number of carboxylic acids is 1. The molecule has 0 aromatic carbocycles. The normalized spacial score (nSPS) is 17.7. The SMILES string of the molecule is CS(=O)(=O)N1CCN(C(=O)COCC(=O)O)CC1. The zero-order valence-electron chi connectivity index (χ0n) is 10.0. The molecule has 0 spiro atoms. The van der Waals surface area contributed by atoms with Crippen LogP contribution in [0.1, 0.15) is 0 Å². The van der Waals surface area contributed by atoms with E-state index in [1.165, 1.54) is 9.21 Å². The fourth-order valence-electron chi connectivity index (χ4n) is 1.59. The van der Waals surface area contributed by atoms with Gasteiger partial charge in [-0.15, -0.1) is 0 Å². The summed E-state index contributed by atoms with van der Waals surface area (Å²) in [6, 6.07) is 0. The third-order valence-corrected chi connectivity index (χ3v) is 3.81. The summed E-state index contributed by atoms with van der Waals surface area (Å²) in [5, 5.41) is 8.34. The lowest BCUT2D eigenvalue weighted by Crippen LogP contribution is -2.51. The third kappa shape index (κ3) is 4.59. The molecule has 8 nitrogen and oxygen atoms in total. The van der Waals surface area contributed by atoms with E-state index < -0.39 is 22.6 Å². The van der Waals surface area contributed by atoms with Gasteiger partial charge in [-0.2, -0.15) is 4.31 Å². The van der Waals surface area contributed by atoms with Crippen LogP contribution >= 0.6 is 0 Å². The second-order valence-electron chi connectivity index (χ2n) is 3.93. The molecule has 1 saturated heterocycles. The Labute approximate surface area is 105 Å². The Bertz CT molecular complexity index is 413. The topological polar surface area (TPSA) is 104 Å². The van der Waals surface area contributed by atoms with E-state index in [4.69, 9.17) is 5.11 Å². The first-order valence-corrected chi connectivity index (χ1v) is 7.18. The highest BCUT2D eigenvalue weighted by molar-refractivity contribution is 7.88. The van der Waals surface area contributed by atoms with E-state index in [0.717, 1.165) is 6.26 Å². The summed E-state index contributed by atoms with van der Waals surface area (Å²) in [7, 11) is -3.22. The number of amides is 1. The van der Waals surface area contributed by atoms with Crippen LogP contribution in [-0.2, 0) is 24.3 Å². The van der Waals surface area contributed by atoms with E-state index in [-0.39, 0.29) is 25.6 Å². The van der Waals surface area contributed by atoms with Gasteiger partial charge in [-0.05, 0) is 0 Å². The van der Waals surface area contributed by atoms with E-state index in [2.05, 4.69) is 4.74 Å². The van der Waals surface area contributed by atoms with Crippen LogP contribution < -0.4 is 0 Å². The molecule has 18 heavy (non-hydrogen) atoms. The van der Waals surface area contributed by atoms with Gasteiger partial charge in [-0.1, -0.05) is 0 Å². The number of hydrogen-bond acceptors (Lipinski definition) is 5. The van der Waals surface area contributed by atoms with Gasteiger partial charge in [0, 0.05) is 26.2 Å². The molecule has 0 atom stereocenters. The van der Waals surface area contributed by atoms with Gasteiger partial charge < -0.3 is 14.7 Å². The van der Waals surface area contributed by atoms with Crippen molar-refractivity contribution in [2.45, 2.75) is 0 Å². The minimum Gasteiger partial charge on any atom is -0.480 e. The maximum atomic E-state index is 11.6. The number of rotatable bonds is 5. The number of ether oxygens (including phenoxy) is 1. The minimum absolute atomic E-state index is 0.253. The van der Waals surface area contributed by atoms with Crippen LogP contribution in [0, 0.1) is 0 Å². The lowest BCUT2D eigenvalue weighted by Gasteiger charge is -2.33. The number of carboxylic acid groups (broad SMARTS) is 1. The first-order chi connectivity index (χ1) is 8.30. The van der Waals surface area contributed by atoms with Crippen LogP contribution in [0.15, 0.2) is 0 Å². The summed E-state index contributed by atoms with van der Waals surface area (Å²) in [5.41, 5.74) is 0. The van der Waals surface area contributed by atoms with Gasteiger partial charge >= 0.3 is 5.97 Å². The Morgan fingerprint density at radius 1 is 1.17 bits per heavy atom. The van der Waals surface area contributed by atoms with Crippen molar-refractivity contribution >= 4 is 21.9 Å². The summed E-state index contributed by atoms with van der Waals surface area (Å²) in [6.07, 6.45) is 1.13. The fraction of sp³-hybridized carbons (Fsp3) is 0.778. The molecule has 1 heterocycles. The molecule has 9 heteroatoms. The molecule has 1 N–H and O–H groups in total. The van der Waals surface area contributed by atoms with E-state index in [9.17, 15) is 18.0 Å². The number of aliphatic carboxylic acids is 1. The molecule has 1 rings (SSSR count). The Morgan fingerprint density at radius 2 is 1.72 bits per heavy atom. The quantitative estimate of drug-likeness (QED) is 0.636. The zero-order valence-corrected chi connectivity index (χ0v) is 10.9. The van der Waals surface area contributed by atoms with Crippen molar-refractivity contribution in [3.63, 3.8) is 0 Å². The van der Waals surface area contributed by atoms with Crippen LogP contribution in [0.2, 0.25) is 0 Å². The minimum atomic E-state index is -3.22. The molecule has 0 aliphatic carbocycles. The van der Waals surface area contributed by atoms with Crippen LogP contribution in [-0.4, -0.2) is 80.3 Å². The van der Waals surface area contributed by atoms with Crippen molar-refractivity contribution < 1.29 is 27.9 Å². The van der Waals surface area contributed by atoms with Crippen molar-refractivity contribution in [2.24, 2.45) is 0 Å². The third-order valence-electron chi connectivity index (χ3n) is 2.51. The monoisotopic (exact) mass is 280 g/mol. The molecule has 0 radical (unpaired) electrons. The fourth-order valence-corrected chi connectivity index (χ4v) is 2.41. The molecule has 104 valence electrons. The first-order valence-electron chi connectivity index (χ1n) is 5.33. The van der Waals surface area contributed by atoms with Crippen LogP contribution in [0.3, 0.4) is 0 Å². The van der Waals surface area contributed by atoms with Gasteiger partial charge in [-0.3, -0.25) is 4.79 Å². The van der Waals surface area contributed by atoms with Crippen molar-refractivity contribution in [3.05, 3.63) is 0 Å². The van der Waals surface area contributed by atoms with Crippen molar-refractivity contribution in [3.8, 4) is 0 Å². The second kappa shape index (κ2) is 6.12. The zero-order chi connectivity index (χ0) is 13.8. The first kappa shape index (κ1) is 14.9. The lowest BCUT2D eigenvalue weighted by molar-refractivity contribution is -0.146. The summed E-state index contributed by atoms with van der Waals surface area (Å²) >= 11 is 0. The number of carbonyl (C=O) groups excluding carboxylic acids is 1. The molecule has 0 unspecified atom stereocenters. The van der Waals surface area contributed by atoms with Gasteiger partial charge in [0.25, 0.3) is 0 Å². The molecule has 1 amide bonds. The summed E-state index contributed by atoms with van der Waals surface area (Å²) in [5.74, 6) is -1.46. The highest BCUT2D eigenvalue weighted by Gasteiger charge is 2.25. The van der Waals surface area contributed by atoms with Gasteiger partial charge in [-0.25, -0.2) is 13.2 Å². The standard InChI is InChI=1S/C9H16N2O6S/c1-18(15,16)11-4-2-10(3-5-11)8(12)6-17-7-9(13)14/h2-7H2,1H3,(H,13,14). The van der Waals surface area contributed by atoms with Gasteiger partial charge in [0.15, 0.2) is 0 Å². The van der Waals surface area contributed by atoms with Crippen LogP contribution in [0.25, 0.3) is 0 Å². The maximum absolute atomic E-state index is 11.6.